The van der Waals surface area contributed by atoms with E-state index in [1.807, 2.05) is 51.7 Å². The molecule has 3 nitrogen and oxygen atoms in total. The molecule has 0 aliphatic heterocycles. The number of methoxy groups -OCH3 is 1. The first-order valence-electron chi connectivity index (χ1n) is 8.49. The molecular formula is C21H16F2N2OS2. The number of nitrogens with zero attached hydrogens (tertiary/aromatic N) is 2. The fraction of sp³-hybridized carbons (Fsp3) is 0.0952. The van der Waals surface area contributed by atoms with E-state index in [9.17, 15) is 8.78 Å². The first-order chi connectivity index (χ1) is 13.6. The van der Waals surface area contributed by atoms with Gasteiger partial charge in [-0.25, -0.2) is 13.8 Å². The predicted octanol–water partition coefficient (Wildman–Crippen LogP) is 5.85. The molecule has 2 heterocycles. The number of halogens is 2. The van der Waals surface area contributed by atoms with Crippen LogP contribution in [0.15, 0.2) is 70.3 Å². The Kier molecular flexibility index (Phi) is 5.36. The highest BCUT2D eigenvalue weighted by Gasteiger charge is 2.11. The monoisotopic (exact) mass is 414 g/mol. The van der Waals surface area contributed by atoms with Crippen molar-refractivity contribution in [3.8, 4) is 16.3 Å². The largest absolute Gasteiger partial charge is 0.497 e. The summed E-state index contributed by atoms with van der Waals surface area (Å²) in [6.07, 6.45) is 0. The molecule has 0 radical (unpaired) electrons. The van der Waals surface area contributed by atoms with E-state index in [0.717, 1.165) is 28.0 Å². The topological polar surface area (TPSA) is 26.5 Å². The Morgan fingerprint density at radius 3 is 2.54 bits per heavy atom. The number of ether oxygens (including phenoxy) is 1. The average Bonchev–Trinajstić information content (AvgIpc) is 3.35. The highest BCUT2D eigenvalue weighted by atomic mass is 32.1. The lowest BCUT2D eigenvalue weighted by molar-refractivity contribution is 0.414. The van der Waals surface area contributed by atoms with Crippen LogP contribution in [0.3, 0.4) is 0 Å². The second kappa shape index (κ2) is 8.08. The molecule has 0 amide bonds. The van der Waals surface area contributed by atoms with Crippen molar-refractivity contribution in [1.82, 2.24) is 4.57 Å². The Morgan fingerprint density at radius 2 is 1.86 bits per heavy atom. The number of thiophene rings is 1. The summed E-state index contributed by atoms with van der Waals surface area (Å²) < 4.78 is 34.6. The van der Waals surface area contributed by atoms with Crippen LogP contribution in [0.25, 0.3) is 10.6 Å². The summed E-state index contributed by atoms with van der Waals surface area (Å²) in [6.45, 7) is 0.572. The highest BCUT2D eigenvalue weighted by molar-refractivity contribution is 7.14. The van der Waals surface area contributed by atoms with Gasteiger partial charge in [0, 0.05) is 11.4 Å². The van der Waals surface area contributed by atoms with Crippen molar-refractivity contribution >= 4 is 28.4 Å². The zero-order valence-electron chi connectivity index (χ0n) is 14.9. The molecule has 0 spiro atoms. The molecule has 0 saturated carbocycles. The molecule has 0 fully saturated rings. The molecule has 0 atom stereocenters. The zero-order chi connectivity index (χ0) is 19.5. The second-order valence-corrected chi connectivity index (χ2v) is 7.81. The van der Waals surface area contributed by atoms with Crippen LogP contribution in [0.4, 0.5) is 14.5 Å². The van der Waals surface area contributed by atoms with Crippen molar-refractivity contribution in [2.75, 3.05) is 7.11 Å². The third-order valence-electron chi connectivity index (χ3n) is 4.20. The van der Waals surface area contributed by atoms with Crippen LogP contribution in [0.1, 0.15) is 5.56 Å². The highest BCUT2D eigenvalue weighted by Crippen LogP contribution is 2.27. The van der Waals surface area contributed by atoms with E-state index in [-0.39, 0.29) is 5.69 Å². The Hall–Kier alpha value is -2.77. The van der Waals surface area contributed by atoms with Crippen LogP contribution < -0.4 is 9.54 Å². The Bertz CT molecular complexity index is 1150. The molecular weight excluding hydrogens is 398 g/mol. The van der Waals surface area contributed by atoms with E-state index < -0.39 is 11.6 Å². The second-order valence-electron chi connectivity index (χ2n) is 6.02. The maximum atomic E-state index is 14.1. The molecule has 0 N–H and O–H groups in total. The SMILES string of the molecule is COc1ccc(Cn2c(-c3cccs3)csc2=Nc2ccc(F)cc2F)cc1. The molecule has 0 aliphatic carbocycles. The van der Waals surface area contributed by atoms with Gasteiger partial charge in [-0.1, -0.05) is 18.2 Å². The fourth-order valence-electron chi connectivity index (χ4n) is 2.78. The van der Waals surface area contributed by atoms with Gasteiger partial charge in [-0.2, -0.15) is 0 Å². The van der Waals surface area contributed by atoms with Gasteiger partial charge in [-0.3, -0.25) is 0 Å². The van der Waals surface area contributed by atoms with Crippen molar-refractivity contribution in [1.29, 1.82) is 0 Å². The summed E-state index contributed by atoms with van der Waals surface area (Å²) >= 11 is 3.06. The van der Waals surface area contributed by atoms with Gasteiger partial charge in [0.2, 0.25) is 0 Å². The maximum Gasteiger partial charge on any atom is 0.190 e. The number of rotatable bonds is 5. The van der Waals surface area contributed by atoms with Crippen LogP contribution in [-0.2, 0) is 6.54 Å². The summed E-state index contributed by atoms with van der Waals surface area (Å²) in [4.78, 5) is 6.21. The van der Waals surface area contributed by atoms with Crippen LogP contribution in [0, 0.1) is 11.6 Å². The van der Waals surface area contributed by atoms with E-state index in [1.54, 1.807) is 18.4 Å². The number of hydrogen-bond acceptors (Lipinski definition) is 4. The minimum Gasteiger partial charge on any atom is -0.497 e. The lowest BCUT2D eigenvalue weighted by Gasteiger charge is -2.09. The first kappa shape index (κ1) is 18.6. The van der Waals surface area contributed by atoms with Gasteiger partial charge in [-0.15, -0.1) is 22.7 Å². The van der Waals surface area contributed by atoms with Crippen LogP contribution in [-0.4, -0.2) is 11.7 Å². The number of thiazole rings is 1. The molecule has 0 saturated heterocycles. The Morgan fingerprint density at radius 1 is 1.04 bits per heavy atom. The third-order valence-corrected chi connectivity index (χ3v) is 5.95. The molecule has 2 aromatic carbocycles. The lowest BCUT2D eigenvalue weighted by atomic mass is 10.2. The van der Waals surface area contributed by atoms with Crippen LogP contribution >= 0.6 is 22.7 Å². The number of benzene rings is 2. The Labute approximate surface area is 168 Å². The summed E-state index contributed by atoms with van der Waals surface area (Å²) in [7, 11) is 1.63. The van der Waals surface area contributed by atoms with E-state index in [4.69, 9.17) is 4.74 Å². The Balaban J connectivity index is 1.81. The molecule has 2 aromatic heterocycles. The summed E-state index contributed by atoms with van der Waals surface area (Å²) in [5, 5.41) is 4.02. The van der Waals surface area contributed by atoms with Crippen LogP contribution in [0.2, 0.25) is 0 Å². The summed E-state index contributed by atoms with van der Waals surface area (Å²) in [5.41, 5.74) is 2.19. The van der Waals surface area contributed by atoms with Crippen molar-refractivity contribution in [2.45, 2.75) is 6.54 Å². The molecule has 0 bridgehead atoms. The van der Waals surface area contributed by atoms with Crippen molar-refractivity contribution in [2.24, 2.45) is 4.99 Å². The summed E-state index contributed by atoms with van der Waals surface area (Å²) in [6, 6.07) is 15.2. The minimum atomic E-state index is -0.679. The van der Waals surface area contributed by atoms with Crippen molar-refractivity contribution in [3.63, 3.8) is 0 Å². The van der Waals surface area contributed by atoms with Gasteiger partial charge < -0.3 is 9.30 Å². The summed E-state index contributed by atoms with van der Waals surface area (Å²) in [5.74, 6) is -0.508. The lowest BCUT2D eigenvalue weighted by Crippen LogP contribution is -2.16. The minimum absolute atomic E-state index is 0.115. The van der Waals surface area contributed by atoms with Crippen LogP contribution in [0.5, 0.6) is 5.75 Å². The van der Waals surface area contributed by atoms with Gasteiger partial charge in [0.05, 0.1) is 24.2 Å². The third kappa shape index (κ3) is 3.90. The quantitative estimate of drug-likeness (QED) is 0.403. The number of hydrogen-bond donors (Lipinski definition) is 0. The van der Waals surface area contributed by atoms with E-state index in [1.165, 1.54) is 23.5 Å². The van der Waals surface area contributed by atoms with Gasteiger partial charge in [-0.05, 0) is 41.3 Å². The first-order valence-corrected chi connectivity index (χ1v) is 10.2. The van der Waals surface area contributed by atoms with Gasteiger partial charge in [0.25, 0.3) is 0 Å². The van der Waals surface area contributed by atoms with E-state index >= 15 is 0 Å². The van der Waals surface area contributed by atoms with E-state index in [0.29, 0.717) is 11.3 Å². The smallest absolute Gasteiger partial charge is 0.190 e. The number of aromatic nitrogens is 1. The molecule has 4 aromatic rings. The molecule has 142 valence electrons. The standard InChI is InChI=1S/C21H16F2N2OS2/c1-26-16-7-4-14(5-8-16)12-25-19(20-3-2-10-27-20)13-28-21(25)24-18-9-6-15(22)11-17(18)23/h2-11,13H,12H2,1H3. The molecule has 7 heteroatoms. The molecule has 0 unspecified atom stereocenters. The normalized spacial score (nSPS) is 11.8. The van der Waals surface area contributed by atoms with Gasteiger partial charge in [0.1, 0.15) is 17.3 Å². The molecule has 0 aliphatic rings. The van der Waals surface area contributed by atoms with Crippen molar-refractivity contribution < 1.29 is 13.5 Å². The van der Waals surface area contributed by atoms with Gasteiger partial charge >= 0.3 is 0 Å². The maximum absolute atomic E-state index is 14.1. The fourth-order valence-corrected chi connectivity index (χ4v) is 4.52. The van der Waals surface area contributed by atoms with E-state index in [2.05, 4.69) is 4.99 Å². The molecule has 28 heavy (non-hydrogen) atoms. The molecule has 4 rings (SSSR count). The predicted molar refractivity (Wildman–Crippen MR) is 109 cm³/mol. The average molecular weight is 415 g/mol. The van der Waals surface area contributed by atoms with Crippen molar-refractivity contribution in [3.05, 3.63) is 87.4 Å². The zero-order valence-corrected chi connectivity index (χ0v) is 16.6. The van der Waals surface area contributed by atoms with Gasteiger partial charge in [0.15, 0.2) is 10.6 Å².